The van der Waals surface area contributed by atoms with E-state index < -0.39 is 42.0 Å². The van der Waals surface area contributed by atoms with Gasteiger partial charge in [-0.2, -0.15) is 0 Å². The van der Waals surface area contributed by atoms with Crippen LogP contribution in [0.25, 0.3) is 0 Å². The van der Waals surface area contributed by atoms with Crippen molar-refractivity contribution in [3.8, 4) is 0 Å². The fraction of sp³-hybridized carbons (Fsp3) is 0.941. The molecule has 152 valence electrons. The highest BCUT2D eigenvalue weighted by molar-refractivity contribution is 7.80. The molecule has 8 nitrogen and oxygen atoms in total. The van der Waals surface area contributed by atoms with Gasteiger partial charge in [0.1, 0.15) is 29.9 Å². The van der Waals surface area contributed by atoms with E-state index in [0.717, 1.165) is 25.8 Å². The highest BCUT2D eigenvalue weighted by Crippen LogP contribution is 2.28. The standard InChI is InChI=1S/C17H32N2O6S/c1-4-5-9-6-10(19(3)7-9)16(24)18-11(8(2)20)15-13(22)12(21)14(23)17(26)25-15/h8-15,17,20-23,26H,4-7H2,1-3H3,(H,18,24)/t8-,9?,10?,11+,12-,13+,14+,15+,17+/m0/s1. The number of thiol groups is 1. The van der Waals surface area contributed by atoms with Gasteiger partial charge in [0.05, 0.1) is 18.2 Å². The van der Waals surface area contributed by atoms with Gasteiger partial charge in [0.25, 0.3) is 0 Å². The molecular weight excluding hydrogens is 360 g/mol. The lowest BCUT2D eigenvalue weighted by molar-refractivity contribution is -0.210. The predicted molar refractivity (Wildman–Crippen MR) is 98.7 cm³/mol. The molecule has 26 heavy (non-hydrogen) atoms. The Morgan fingerprint density at radius 1 is 1.31 bits per heavy atom. The van der Waals surface area contributed by atoms with Gasteiger partial charge < -0.3 is 30.5 Å². The number of aliphatic hydroxyl groups is 4. The molecule has 1 amide bonds. The van der Waals surface area contributed by atoms with E-state index in [4.69, 9.17) is 4.74 Å². The van der Waals surface area contributed by atoms with E-state index in [0.29, 0.717) is 5.92 Å². The number of amides is 1. The first-order chi connectivity index (χ1) is 12.2. The summed E-state index contributed by atoms with van der Waals surface area (Å²) in [6, 6.07) is -1.25. The summed E-state index contributed by atoms with van der Waals surface area (Å²) in [4.78, 5) is 14.8. The Morgan fingerprint density at radius 2 is 1.96 bits per heavy atom. The summed E-state index contributed by atoms with van der Waals surface area (Å²) in [5, 5.41) is 42.9. The molecule has 0 aromatic rings. The van der Waals surface area contributed by atoms with Gasteiger partial charge >= 0.3 is 0 Å². The Labute approximate surface area is 159 Å². The lowest BCUT2D eigenvalue weighted by Crippen LogP contribution is -2.65. The second kappa shape index (κ2) is 9.18. The monoisotopic (exact) mass is 392 g/mol. The van der Waals surface area contributed by atoms with Crippen molar-refractivity contribution in [1.29, 1.82) is 0 Å². The summed E-state index contributed by atoms with van der Waals surface area (Å²) in [6.07, 6.45) is -3.53. The number of likely N-dealkylation sites (N-methyl/N-ethyl adjacent to an activating group) is 1. The second-order valence-corrected chi connectivity index (χ2v) is 8.09. The van der Waals surface area contributed by atoms with Gasteiger partial charge in [0, 0.05) is 6.54 Å². The Balaban J connectivity index is 2.07. The second-order valence-electron chi connectivity index (χ2n) is 7.58. The highest BCUT2D eigenvalue weighted by Gasteiger charge is 2.47. The fourth-order valence-corrected chi connectivity index (χ4v) is 4.27. The van der Waals surface area contributed by atoms with Gasteiger partial charge in [-0.25, -0.2) is 0 Å². The van der Waals surface area contributed by atoms with Crippen LogP contribution in [0.3, 0.4) is 0 Å². The van der Waals surface area contributed by atoms with Gasteiger partial charge in [-0.1, -0.05) is 13.3 Å². The van der Waals surface area contributed by atoms with E-state index in [1.165, 1.54) is 6.92 Å². The smallest absolute Gasteiger partial charge is 0.237 e. The van der Waals surface area contributed by atoms with Crippen molar-refractivity contribution >= 4 is 18.5 Å². The number of nitrogens with zero attached hydrogens (tertiary/aromatic N) is 1. The molecule has 5 N–H and O–H groups in total. The molecule has 2 rings (SSSR count). The number of carbonyl (C=O) groups is 1. The van der Waals surface area contributed by atoms with Crippen molar-refractivity contribution in [2.75, 3.05) is 13.6 Å². The van der Waals surface area contributed by atoms with Crippen LogP contribution in [-0.4, -0.2) is 92.9 Å². The number of rotatable bonds is 6. The maximum Gasteiger partial charge on any atom is 0.237 e. The summed E-state index contributed by atoms with van der Waals surface area (Å²) in [7, 11) is 1.90. The topological polar surface area (TPSA) is 122 Å². The molecule has 2 aliphatic rings. The summed E-state index contributed by atoms with van der Waals surface area (Å²) in [5.74, 6) is 0.213. The maximum absolute atomic E-state index is 12.8. The van der Waals surface area contributed by atoms with Gasteiger partial charge in [-0.15, -0.1) is 12.6 Å². The summed E-state index contributed by atoms with van der Waals surface area (Å²) < 4.78 is 5.47. The lowest BCUT2D eigenvalue weighted by Gasteiger charge is -2.43. The van der Waals surface area contributed by atoms with Gasteiger partial charge in [-0.3, -0.25) is 9.69 Å². The molecule has 0 aliphatic carbocycles. The number of likely N-dealkylation sites (tertiary alicyclic amines) is 1. The Hall–Kier alpha value is -0.420. The van der Waals surface area contributed by atoms with E-state index in [1.54, 1.807) is 0 Å². The minimum atomic E-state index is -1.47. The van der Waals surface area contributed by atoms with E-state index in [1.807, 2.05) is 11.9 Å². The molecule has 0 bridgehead atoms. The molecule has 0 saturated carbocycles. The number of nitrogens with one attached hydrogen (secondary N) is 1. The van der Waals surface area contributed by atoms with Gasteiger partial charge in [0.15, 0.2) is 0 Å². The first-order valence-corrected chi connectivity index (χ1v) is 9.75. The van der Waals surface area contributed by atoms with Crippen LogP contribution in [0.15, 0.2) is 0 Å². The largest absolute Gasteiger partial charge is 0.391 e. The maximum atomic E-state index is 12.8. The Morgan fingerprint density at radius 3 is 2.54 bits per heavy atom. The number of aliphatic hydroxyl groups excluding tert-OH is 4. The molecule has 0 radical (unpaired) electrons. The first kappa shape index (κ1) is 21.9. The molecule has 9 atom stereocenters. The predicted octanol–water partition coefficient (Wildman–Crippen LogP) is -1.29. The zero-order valence-electron chi connectivity index (χ0n) is 15.5. The minimum Gasteiger partial charge on any atom is -0.391 e. The average molecular weight is 393 g/mol. The van der Waals surface area contributed by atoms with Crippen molar-refractivity contribution in [2.45, 2.75) is 81.1 Å². The molecule has 0 aromatic heterocycles. The lowest BCUT2D eigenvalue weighted by atomic mass is 9.92. The van der Waals surface area contributed by atoms with Crippen LogP contribution >= 0.6 is 12.6 Å². The number of hydrogen-bond acceptors (Lipinski definition) is 8. The molecule has 2 fully saturated rings. The van der Waals surface area contributed by atoms with Crippen LogP contribution in [0, 0.1) is 5.92 Å². The van der Waals surface area contributed by atoms with Crippen LogP contribution in [-0.2, 0) is 9.53 Å². The van der Waals surface area contributed by atoms with Crippen LogP contribution in [0.5, 0.6) is 0 Å². The quantitative estimate of drug-likeness (QED) is 0.311. The number of hydrogen-bond donors (Lipinski definition) is 6. The van der Waals surface area contributed by atoms with E-state index in [9.17, 15) is 25.2 Å². The van der Waals surface area contributed by atoms with Gasteiger partial charge in [0.2, 0.25) is 5.91 Å². The summed E-state index contributed by atoms with van der Waals surface area (Å²) >= 11 is 4.06. The third-order valence-corrected chi connectivity index (χ3v) is 5.87. The van der Waals surface area contributed by atoms with E-state index in [-0.39, 0.29) is 11.9 Å². The third kappa shape index (κ3) is 4.70. The van der Waals surface area contributed by atoms with Crippen molar-refractivity contribution in [2.24, 2.45) is 5.92 Å². The van der Waals surface area contributed by atoms with Crippen LogP contribution < -0.4 is 5.32 Å². The fourth-order valence-electron chi connectivity index (χ4n) is 3.95. The summed E-state index contributed by atoms with van der Waals surface area (Å²) in [6.45, 7) is 4.44. The molecule has 2 saturated heterocycles. The number of ether oxygens (including phenoxy) is 1. The highest BCUT2D eigenvalue weighted by atomic mass is 32.1. The number of carbonyl (C=O) groups excluding carboxylic acids is 1. The average Bonchev–Trinajstić information content (AvgIpc) is 2.95. The molecule has 2 heterocycles. The van der Waals surface area contributed by atoms with Crippen LogP contribution in [0.4, 0.5) is 0 Å². The van der Waals surface area contributed by atoms with Crippen LogP contribution in [0.1, 0.15) is 33.1 Å². The Bertz CT molecular complexity index is 482. The SMILES string of the molecule is CCCC1CC(C(=O)N[C@@H]([C@H]2O[C@H](S)[C@H](O)[C@@H](O)[C@H]2O)[C@H](C)O)N(C)C1. The molecule has 2 unspecified atom stereocenters. The zero-order chi connectivity index (χ0) is 19.6. The first-order valence-electron chi connectivity index (χ1n) is 9.23. The minimum absolute atomic E-state index is 0.246. The van der Waals surface area contributed by atoms with Crippen molar-refractivity contribution in [3.63, 3.8) is 0 Å². The summed E-state index contributed by atoms with van der Waals surface area (Å²) in [5.41, 5.74) is -1.03. The molecular formula is C17H32N2O6S. The van der Waals surface area contributed by atoms with Gasteiger partial charge in [-0.05, 0) is 32.7 Å². The van der Waals surface area contributed by atoms with E-state index >= 15 is 0 Å². The normalized spacial score (nSPS) is 41.0. The third-order valence-electron chi connectivity index (χ3n) is 5.44. The van der Waals surface area contributed by atoms with E-state index in [2.05, 4.69) is 24.9 Å². The van der Waals surface area contributed by atoms with Crippen molar-refractivity contribution in [3.05, 3.63) is 0 Å². The van der Waals surface area contributed by atoms with Crippen LogP contribution in [0.2, 0.25) is 0 Å². The zero-order valence-corrected chi connectivity index (χ0v) is 16.4. The molecule has 9 heteroatoms. The van der Waals surface area contributed by atoms with Crippen molar-refractivity contribution < 1.29 is 30.0 Å². The molecule has 0 spiro atoms. The Kier molecular flexibility index (Phi) is 7.73. The van der Waals surface area contributed by atoms with Crippen molar-refractivity contribution in [1.82, 2.24) is 10.2 Å². The molecule has 0 aromatic carbocycles. The molecule has 2 aliphatic heterocycles.